The molecule has 4 heteroatoms. The van der Waals surface area contributed by atoms with E-state index in [4.69, 9.17) is 0 Å². The summed E-state index contributed by atoms with van der Waals surface area (Å²) in [7, 11) is 0. The highest BCUT2D eigenvalue weighted by molar-refractivity contribution is 9.10. The van der Waals surface area contributed by atoms with Gasteiger partial charge in [-0.05, 0) is 40.9 Å². The van der Waals surface area contributed by atoms with Gasteiger partial charge in [-0.15, -0.1) is 0 Å². The van der Waals surface area contributed by atoms with Gasteiger partial charge >= 0.3 is 0 Å². The van der Waals surface area contributed by atoms with Crippen LogP contribution in [0.4, 0.5) is 5.82 Å². The van der Waals surface area contributed by atoms with Gasteiger partial charge in [0.1, 0.15) is 5.82 Å². The number of halogens is 1. The number of hydrogen-bond donors (Lipinski definition) is 0. The molecule has 0 spiro atoms. The maximum absolute atomic E-state index is 12.4. The van der Waals surface area contributed by atoms with Crippen molar-refractivity contribution in [1.29, 1.82) is 0 Å². The molecule has 0 radical (unpaired) electrons. The third-order valence-corrected chi connectivity index (χ3v) is 4.43. The minimum absolute atomic E-state index is 0.138. The number of anilines is 1. The van der Waals surface area contributed by atoms with Crippen molar-refractivity contribution in [2.45, 2.75) is 12.8 Å². The van der Waals surface area contributed by atoms with Crippen molar-refractivity contribution in [2.24, 2.45) is 5.92 Å². The second-order valence-electron chi connectivity index (χ2n) is 5.33. The minimum atomic E-state index is 0.138. The second-order valence-corrected chi connectivity index (χ2v) is 6.24. The van der Waals surface area contributed by atoms with E-state index in [-0.39, 0.29) is 11.7 Å². The van der Waals surface area contributed by atoms with Crippen LogP contribution in [0.15, 0.2) is 53.1 Å². The van der Waals surface area contributed by atoms with Gasteiger partial charge < -0.3 is 4.90 Å². The van der Waals surface area contributed by atoms with Crippen LogP contribution in [0.1, 0.15) is 23.2 Å². The quantitative estimate of drug-likeness (QED) is 0.790. The summed E-state index contributed by atoms with van der Waals surface area (Å²) >= 11 is 3.40. The van der Waals surface area contributed by atoms with Crippen molar-refractivity contribution in [3.63, 3.8) is 0 Å². The smallest absolute Gasteiger partial charge is 0.166 e. The van der Waals surface area contributed by atoms with Crippen molar-refractivity contribution in [2.75, 3.05) is 18.0 Å². The lowest BCUT2D eigenvalue weighted by molar-refractivity contribution is 0.0900. The Balaban J connectivity index is 1.63. The zero-order valence-corrected chi connectivity index (χ0v) is 13.3. The number of nitrogens with zero attached hydrogens (tertiary/aromatic N) is 2. The first kappa shape index (κ1) is 14.3. The zero-order valence-electron chi connectivity index (χ0n) is 11.7. The Bertz CT molecular complexity index is 604. The summed E-state index contributed by atoms with van der Waals surface area (Å²) in [6, 6.07) is 13.6. The van der Waals surface area contributed by atoms with Crippen molar-refractivity contribution in [1.82, 2.24) is 4.98 Å². The molecule has 1 aliphatic rings. The molecule has 1 fully saturated rings. The van der Waals surface area contributed by atoms with Crippen molar-refractivity contribution < 1.29 is 4.79 Å². The highest BCUT2D eigenvalue weighted by Crippen LogP contribution is 2.25. The van der Waals surface area contributed by atoms with E-state index in [2.05, 4.69) is 25.8 Å². The van der Waals surface area contributed by atoms with Crippen LogP contribution in [0.5, 0.6) is 0 Å². The number of carbonyl (C=O) groups excluding carboxylic acids is 1. The van der Waals surface area contributed by atoms with E-state index in [1.54, 1.807) is 0 Å². The number of aromatic nitrogens is 1. The zero-order chi connectivity index (χ0) is 14.7. The summed E-state index contributed by atoms with van der Waals surface area (Å²) in [5.74, 6) is 1.40. The van der Waals surface area contributed by atoms with Gasteiger partial charge in [-0.25, -0.2) is 4.98 Å². The Hall–Kier alpha value is -1.68. The van der Waals surface area contributed by atoms with Gasteiger partial charge in [-0.1, -0.05) is 30.3 Å². The van der Waals surface area contributed by atoms with E-state index < -0.39 is 0 Å². The highest BCUT2D eigenvalue weighted by Gasteiger charge is 2.26. The lowest BCUT2D eigenvalue weighted by Crippen LogP contribution is -2.36. The lowest BCUT2D eigenvalue weighted by Gasteiger charge is -2.32. The molecule has 2 heterocycles. The molecular formula is C17H17BrN2O. The number of benzene rings is 1. The van der Waals surface area contributed by atoms with Gasteiger partial charge in [0.25, 0.3) is 0 Å². The third-order valence-electron chi connectivity index (χ3n) is 3.96. The summed E-state index contributed by atoms with van der Waals surface area (Å²) in [5.41, 5.74) is 0.831. The van der Waals surface area contributed by atoms with E-state index in [1.807, 2.05) is 48.7 Å². The average molecular weight is 345 g/mol. The maximum atomic E-state index is 12.4. The fraction of sp³-hybridized carbons (Fsp3) is 0.294. The van der Waals surface area contributed by atoms with Crippen molar-refractivity contribution in [3.05, 3.63) is 58.7 Å². The van der Waals surface area contributed by atoms with E-state index >= 15 is 0 Å². The fourth-order valence-corrected chi connectivity index (χ4v) is 3.00. The topological polar surface area (TPSA) is 33.2 Å². The standard InChI is InChI=1S/C17H17BrN2O/c18-15-6-7-16(19-12-15)20-10-8-14(9-11-20)17(21)13-4-2-1-3-5-13/h1-7,12,14H,8-11H2. The monoisotopic (exact) mass is 344 g/mol. The molecule has 0 unspecified atom stereocenters. The summed E-state index contributed by atoms with van der Waals surface area (Å²) in [6.07, 6.45) is 3.60. The number of rotatable bonds is 3. The van der Waals surface area contributed by atoms with Crippen LogP contribution in [-0.4, -0.2) is 23.9 Å². The van der Waals surface area contributed by atoms with Gasteiger partial charge in [-0.2, -0.15) is 0 Å². The van der Waals surface area contributed by atoms with Gasteiger partial charge in [0.2, 0.25) is 0 Å². The molecule has 3 rings (SSSR count). The molecule has 1 aliphatic heterocycles. The molecule has 0 amide bonds. The summed E-state index contributed by atoms with van der Waals surface area (Å²) in [6.45, 7) is 1.77. The van der Waals surface area contributed by atoms with Gasteiger partial charge in [0.05, 0.1) is 0 Å². The average Bonchev–Trinajstić information content (AvgIpc) is 2.56. The van der Waals surface area contributed by atoms with Crippen molar-refractivity contribution >= 4 is 27.5 Å². The van der Waals surface area contributed by atoms with Crippen LogP contribution in [-0.2, 0) is 0 Å². The number of carbonyl (C=O) groups is 1. The first-order chi connectivity index (χ1) is 10.2. The third kappa shape index (κ3) is 3.32. The molecular weight excluding hydrogens is 328 g/mol. The summed E-state index contributed by atoms with van der Waals surface area (Å²) in [5, 5.41) is 0. The second kappa shape index (κ2) is 6.39. The minimum Gasteiger partial charge on any atom is -0.357 e. The molecule has 3 nitrogen and oxygen atoms in total. The molecule has 108 valence electrons. The van der Waals surface area contributed by atoms with Crippen LogP contribution in [0.3, 0.4) is 0 Å². The van der Waals surface area contributed by atoms with Gasteiger partial charge in [-0.3, -0.25) is 4.79 Å². The molecule has 0 saturated carbocycles. The predicted octanol–water partition coefficient (Wildman–Crippen LogP) is 3.94. The molecule has 0 atom stereocenters. The largest absolute Gasteiger partial charge is 0.357 e. The first-order valence-corrected chi connectivity index (χ1v) is 7.99. The number of Topliss-reactive ketones (excluding diaryl/α,β-unsaturated/α-hetero) is 1. The number of piperidine rings is 1. The molecule has 0 N–H and O–H groups in total. The summed E-state index contributed by atoms with van der Waals surface area (Å²) < 4.78 is 0.986. The van der Waals surface area contributed by atoms with Crippen LogP contribution in [0.2, 0.25) is 0 Å². The van der Waals surface area contributed by atoms with Crippen LogP contribution < -0.4 is 4.90 Å². The van der Waals surface area contributed by atoms with E-state index in [9.17, 15) is 4.79 Å². The van der Waals surface area contributed by atoms with E-state index in [0.717, 1.165) is 41.8 Å². The van der Waals surface area contributed by atoms with E-state index in [1.165, 1.54) is 0 Å². The molecule has 2 aromatic rings. The number of pyridine rings is 1. The number of hydrogen-bond acceptors (Lipinski definition) is 3. The van der Waals surface area contributed by atoms with Crippen LogP contribution in [0.25, 0.3) is 0 Å². The Labute approximate surface area is 133 Å². The Morgan fingerprint density at radius 1 is 1.10 bits per heavy atom. The molecule has 0 aliphatic carbocycles. The molecule has 1 aromatic carbocycles. The maximum Gasteiger partial charge on any atom is 0.166 e. The highest BCUT2D eigenvalue weighted by atomic mass is 79.9. The lowest BCUT2D eigenvalue weighted by atomic mass is 9.89. The Morgan fingerprint density at radius 3 is 2.43 bits per heavy atom. The van der Waals surface area contributed by atoms with Crippen molar-refractivity contribution in [3.8, 4) is 0 Å². The van der Waals surface area contributed by atoms with Crippen LogP contribution in [0, 0.1) is 5.92 Å². The van der Waals surface area contributed by atoms with Gasteiger partial charge in [0.15, 0.2) is 5.78 Å². The van der Waals surface area contributed by atoms with E-state index in [0.29, 0.717) is 0 Å². The Morgan fingerprint density at radius 2 is 1.81 bits per heavy atom. The van der Waals surface area contributed by atoms with Crippen LogP contribution >= 0.6 is 15.9 Å². The molecule has 21 heavy (non-hydrogen) atoms. The SMILES string of the molecule is O=C(c1ccccc1)C1CCN(c2ccc(Br)cn2)CC1. The molecule has 0 bridgehead atoms. The summed E-state index contributed by atoms with van der Waals surface area (Å²) in [4.78, 5) is 19.1. The number of ketones is 1. The predicted molar refractivity (Wildman–Crippen MR) is 87.6 cm³/mol. The fourth-order valence-electron chi connectivity index (χ4n) is 2.76. The first-order valence-electron chi connectivity index (χ1n) is 7.20. The molecule has 1 saturated heterocycles. The normalized spacial score (nSPS) is 16.0. The Kier molecular flexibility index (Phi) is 4.34. The molecule has 1 aromatic heterocycles. The van der Waals surface area contributed by atoms with Gasteiger partial charge in [0, 0.05) is 35.2 Å².